The highest BCUT2D eigenvalue weighted by Gasteiger charge is 2.08. The quantitative estimate of drug-likeness (QED) is 0.860. The lowest BCUT2D eigenvalue weighted by atomic mass is 10.2. The molecule has 0 saturated heterocycles. The van der Waals surface area contributed by atoms with Crippen LogP contribution in [0.5, 0.6) is 0 Å². The molecule has 0 spiro atoms. The number of amides is 1. The van der Waals surface area contributed by atoms with Crippen LogP contribution in [-0.4, -0.2) is 17.6 Å². The molecule has 2 N–H and O–H groups in total. The molecule has 0 aliphatic rings. The van der Waals surface area contributed by atoms with Crippen LogP contribution in [0, 0.1) is 0 Å². The number of halogens is 2. The SMILES string of the molecule is O=C(CCCO)Nc1c(Cl)cccc1Cl. The zero-order valence-corrected chi connectivity index (χ0v) is 9.48. The number of rotatable bonds is 4. The van der Waals surface area contributed by atoms with E-state index in [0.29, 0.717) is 22.2 Å². The first-order valence-corrected chi connectivity index (χ1v) is 5.25. The number of carbonyl (C=O) groups excluding carboxylic acids is 1. The van der Waals surface area contributed by atoms with Crippen molar-refractivity contribution in [2.75, 3.05) is 11.9 Å². The fourth-order valence-corrected chi connectivity index (χ4v) is 1.55. The molecular weight excluding hydrogens is 237 g/mol. The van der Waals surface area contributed by atoms with Gasteiger partial charge in [-0.25, -0.2) is 0 Å². The summed E-state index contributed by atoms with van der Waals surface area (Å²) in [5.74, 6) is -0.209. The summed E-state index contributed by atoms with van der Waals surface area (Å²) in [7, 11) is 0. The number of para-hydroxylation sites is 1. The maximum Gasteiger partial charge on any atom is 0.224 e. The monoisotopic (exact) mass is 247 g/mol. The molecule has 1 rings (SSSR count). The van der Waals surface area contributed by atoms with Gasteiger partial charge in [0.2, 0.25) is 5.91 Å². The third-order valence-electron chi connectivity index (χ3n) is 1.79. The molecule has 5 heteroatoms. The van der Waals surface area contributed by atoms with Crippen LogP contribution < -0.4 is 5.32 Å². The van der Waals surface area contributed by atoms with Gasteiger partial charge in [-0.05, 0) is 18.6 Å². The van der Waals surface area contributed by atoms with Gasteiger partial charge in [-0.3, -0.25) is 4.79 Å². The molecule has 1 aromatic carbocycles. The molecule has 0 radical (unpaired) electrons. The van der Waals surface area contributed by atoms with Gasteiger partial charge in [0, 0.05) is 13.0 Å². The van der Waals surface area contributed by atoms with Crippen molar-refractivity contribution >= 4 is 34.8 Å². The van der Waals surface area contributed by atoms with Crippen molar-refractivity contribution < 1.29 is 9.90 Å². The maximum atomic E-state index is 11.3. The van der Waals surface area contributed by atoms with Crippen LogP contribution in [0.4, 0.5) is 5.69 Å². The molecule has 0 saturated carbocycles. The van der Waals surface area contributed by atoms with Crippen LogP contribution in [0.2, 0.25) is 10.0 Å². The van der Waals surface area contributed by atoms with Gasteiger partial charge in [-0.15, -0.1) is 0 Å². The van der Waals surface area contributed by atoms with E-state index >= 15 is 0 Å². The fraction of sp³-hybridized carbons (Fsp3) is 0.300. The van der Waals surface area contributed by atoms with E-state index in [0.717, 1.165) is 0 Å². The molecule has 0 aromatic heterocycles. The first-order valence-electron chi connectivity index (χ1n) is 4.50. The topological polar surface area (TPSA) is 49.3 Å². The van der Waals surface area contributed by atoms with Crippen LogP contribution in [0.15, 0.2) is 18.2 Å². The highest BCUT2D eigenvalue weighted by molar-refractivity contribution is 6.39. The highest BCUT2D eigenvalue weighted by atomic mass is 35.5. The van der Waals surface area contributed by atoms with Gasteiger partial charge in [0.05, 0.1) is 15.7 Å². The fourth-order valence-electron chi connectivity index (χ4n) is 1.06. The van der Waals surface area contributed by atoms with Gasteiger partial charge in [-0.2, -0.15) is 0 Å². The van der Waals surface area contributed by atoms with E-state index in [4.69, 9.17) is 28.3 Å². The lowest BCUT2D eigenvalue weighted by Crippen LogP contribution is -2.12. The summed E-state index contributed by atoms with van der Waals surface area (Å²) in [5.41, 5.74) is 0.420. The Morgan fingerprint density at radius 3 is 2.47 bits per heavy atom. The molecule has 0 unspecified atom stereocenters. The molecule has 82 valence electrons. The van der Waals surface area contributed by atoms with Crippen molar-refractivity contribution in [2.24, 2.45) is 0 Å². The average Bonchev–Trinajstić information content (AvgIpc) is 2.21. The third-order valence-corrected chi connectivity index (χ3v) is 2.42. The molecule has 0 fully saturated rings. The van der Waals surface area contributed by atoms with Crippen LogP contribution in [0.1, 0.15) is 12.8 Å². The normalized spacial score (nSPS) is 10.1. The Hall–Kier alpha value is -0.770. The first kappa shape index (κ1) is 12.3. The van der Waals surface area contributed by atoms with Crippen molar-refractivity contribution in [2.45, 2.75) is 12.8 Å². The Kier molecular flexibility index (Phi) is 4.88. The van der Waals surface area contributed by atoms with Crippen molar-refractivity contribution in [1.82, 2.24) is 0 Å². The lowest BCUT2D eigenvalue weighted by molar-refractivity contribution is -0.116. The molecule has 15 heavy (non-hydrogen) atoms. The third kappa shape index (κ3) is 3.70. The summed E-state index contributed by atoms with van der Waals surface area (Å²) in [4.78, 5) is 11.3. The van der Waals surface area contributed by atoms with E-state index in [-0.39, 0.29) is 18.9 Å². The molecule has 0 aliphatic carbocycles. The van der Waals surface area contributed by atoms with Gasteiger partial charge < -0.3 is 10.4 Å². The smallest absolute Gasteiger partial charge is 0.224 e. The second-order valence-electron chi connectivity index (χ2n) is 2.97. The number of anilines is 1. The summed E-state index contributed by atoms with van der Waals surface area (Å²) < 4.78 is 0. The number of hydrogen-bond acceptors (Lipinski definition) is 2. The van der Waals surface area contributed by atoms with Crippen molar-refractivity contribution in [3.63, 3.8) is 0 Å². The lowest BCUT2D eigenvalue weighted by Gasteiger charge is -2.08. The number of hydrogen-bond donors (Lipinski definition) is 2. The number of nitrogens with one attached hydrogen (secondary N) is 1. The largest absolute Gasteiger partial charge is 0.396 e. The van der Waals surface area contributed by atoms with E-state index < -0.39 is 0 Å². The minimum Gasteiger partial charge on any atom is -0.396 e. The Labute approximate surface area is 98.0 Å². The van der Waals surface area contributed by atoms with E-state index in [1.807, 2.05) is 0 Å². The van der Waals surface area contributed by atoms with E-state index in [9.17, 15) is 4.79 Å². The Morgan fingerprint density at radius 2 is 1.93 bits per heavy atom. The van der Waals surface area contributed by atoms with Gasteiger partial charge >= 0.3 is 0 Å². The zero-order valence-electron chi connectivity index (χ0n) is 7.96. The summed E-state index contributed by atoms with van der Waals surface area (Å²) in [6, 6.07) is 5.00. The first-order chi connectivity index (χ1) is 7.15. The summed E-state index contributed by atoms with van der Waals surface area (Å²) in [5, 5.41) is 12.0. The molecule has 0 aliphatic heterocycles. The van der Waals surface area contributed by atoms with E-state index in [1.165, 1.54) is 0 Å². The number of aliphatic hydroxyl groups is 1. The van der Waals surface area contributed by atoms with Gasteiger partial charge in [-0.1, -0.05) is 29.3 Å². The second-order valence-corrected chi connectivity index (χ2v) is 3.79. The molecule has 0 atom stereocenters. The maximum absolute atomic E-state index is 11.3. The van der Waals surface area contributed by atoms with E-state index in [2.05, 4.69) is 5.32 Å². The van der Waals surface area contributed by atoms with Crippen LogP contribution in [0.3, 0.4) is 0 Å². The highest BCUT2D eigenvalue weighted by Crippen LogP contribution is 2.29. The average molecular weight is 248 g/mol. The molecule has 1 amide bonds. The van der Waals surface area contributed by atoms with Crippen molar-refractivity contribution in [3.05, 3.63) is 28.2 Å². The van der Waals surface area contributed by atoms with Crippen molar-refractivity contribution in [1.29, 1.82) is 0 Å². The van der Waals surface area contributed by atoms with E-state index in [1.54, 1.807) is 18.2 Å². The molecular formula is C10H11Cl2NO2. The van der Waals surface area contributed by atoms with Crippen LogP contribution in [-0.2, 0) is 4.79 Å². The molecule has 0 heterocycles. The van der Waals surface area contributed by atoms with Crippen LogP contribution in [0.25, 0.3) is 0 Å². The number of carbonyl (C=O) groups is 1. The predicted molar refractivity (Wildman–Crippen MR) is 61.4 cm³/mol. The predicted octanol–water partition coefficient (Wildman–Crippen LogP) is 2.70. The number of benzene rings is 1. The minimum atomic E-state index is -0.209. The second kappa shape index (κ2) is 5.95. The standard InChI is InChI=1S/C10H11Cl2NO2/c11-7-3-1-4-8(12)10(7)13-9(15)5-2-6-14/h1,3-4,14H,2,5-6H2,(H,13,15). The Morgan fingerprint density at radius 1 is 1.33 bits per heavy atom. The Balaban J connectivity index is 2.68. The van der Waals surface area contributed by atoms with Crippen molar-refractivity contribution in [3.8, 4) is 0 Å². The zero-order chi connectivity index (χ0) is 11.3. The molecule has 3 nitrogen and oxygen atoms in total. The molecule has 0 bridgehead atoms. The Bertz CT molecular complexity index is 335. The molecule has 1 aromatic rings. The summed E-state index contributed by atoms with van der Waals surface area (Å²) in [6.07, 6.45) is 0.673. The summed E-state index contributed by atoms with van der Waals surface area (Å²) >= 11 is 11.7. The van der Waals surface area contributed by atoms with Crippen LogP contribution >= 0.6 is 23.2 Å². The van der Waals surface area contributed by atoms with Gasteiger partial charge in [0.15, 0.2) is 0 Å². The number of aliphatic hydroxyl groups excluding tert-OH is 1. The minimum absolute atomic E-state index is 0.0102. The summed E-state index contributed by atoms with van der Waals surface area (Å²) in [6.45, 7) is -0.0102. The van der Waals surface area contributed by atoms with Gasteiger partial charge in [0.1, 0.15) is 0 Å². The van der Waals surface area contributed by atoms with Gasteiger partial charge in [0.25, 0.3) is 0 Å².